The number of aliphatic imine (C=N–C) groups is 1. The van der Waals surface area contributed by atoms with Gasteiger partial charge in [-0.2, -0.15) is 0 Å². The number of guanidine groups is 1. The highest BCUT2D eigenvalue weighted by molar-refractivity contribution is 14.0. The summed E-state index contributed by atoms with van der Waals surface area (Å²) in [5.74, 6) is 0.759. The zero-order valence-corrected chi connectivity index (χ0v) is 21.2. The molecule has 1 aromatic carbocycles. The molecule has 1 aliphatic heterocycles. The van der Waals surface area contributed by atoms with E-state index in [4.69, 9.17) is 0 Å². The standard InChI is InChI=1S/C22H39N5O.HI/c1-7-23-21(24-14-19-16-26(5)12-13-27(19)6)25-15-20(28)17-8-10-18(11-9-17)22(2,3)4;/h8-11,19-20,28H,7,12-16H2,1-6H3,(H2,23,24,25);1H. The van der Waals surface area contributed by atoms with Crippen molar-refractivity contribution in [2.24, 2.45) is 4.99 Å². The number of benzene rings is 1. The van der Waals surface area contributed by atoms with Crippen LogP contribution >= 0.6 is 24.0 Å². The van der Waals surface area contributed by atoms with Crippen molar-refractivity contribution < 1.29 is 5.11 Å². The molecule has 1 heterocycles. The monoisotopic (exact) mass is 517 g/mol. The van der Waals surface area contributed by atoms with Gasteiger partial charge >= 0.3 is 0 Å². The van der Waals surface area contributed by atoms with E-state index in [-0.39, 0.29) is 29.4 Å². The quantitative estimate of drug-likeness (QED) is 0.308. The lowest BCUT2D eigenvalue weighted by Crippen LogP contribution is -2.55. The topological polar surface area (TPSA) is 63.1 Å². The third kappa shape index (κ3) is 8.39. The largest absolute Gasteiger partial charge is 0.386 e. The Morgan fingerprint density at radius 1 is 1.17 bits per heavy atom. The van der Waals surface area contributed by atoms with Gasteiger partial charge < -0.3 is 20.6 Å². The van der Waals surface area contributed by atoms with Crippen molar-refractivity contribution in [1.29, 1.82) is 0 Å². The normalized spacial score (nSPS) is 20.1. The third-order valence-corrected chi connectivity index (χ3v) is 5.41. The van der Waals surface area contributed by atoms with Gasteiger partial charge in [0.25, 0.3) is 0 Å². The number of nitrogens with one attached hydrogen (secondary N) is 2. The summed E-state index contributed by atoms with van der Waals surface area (Å²) in [4.78, 5) is 9.36. The van der Waals surface area contributed by atoms with E-state index in [1.807, 2.05) is 12.1 Å². The van der Waals surface area contributed by atoms with Gasteiger partial charge in [-0.25, -0.2) is 0 Å². The van der Waals surface area contributed by atoms with Gasteiger partial charge in [-0.3, -0.25) is 9.89 Å². The fourth-order valence-corrected chi connectivity index (χ4v) is 3.37. The molecule has 0 amide bonds. The first-order valence-corrected chi connectivity index (χ1v) is 10.4. The minimum absolute atomic E-state index is 0. The van der Waals surface area contributed by atoms with E-state index in [2.05, 4.69) is 79.3 Å². The van der Waals surface area contributed by atoms with Gasteiger partial charge in [0.15, 0.2) is 5.96 Å². The van der Waals surface area contributed by atoms with E-state index in [9.17, 15) is 5.11 Å². The van der Waals surface area contributed by atoms with Crippen molar-refractivity contribution in [3.05, 3.63) is 35.4 Å². The maximum atomic E-state index is 10.5. The van der Waals surface area contributed by atoms with Crippen LogP contribution in [0.15, 0.2) is 29.3 Å². The van der Waals surface area contributed by atoms with E-state index in [1.165, 1.54) is 5.56 Å². The molecule has 3 N–H and O–H groups in total. The summed E-state index contributed by atoms with van der Waals surface area (Å²) in [5.41, 5.74) is 2.29. The molecule has 0 saturated carbocycles. The molecule has 0 radical (unpaired) electrons. The number of halogens is 1. The average Bonchev–Trinajstić information content (AvgIpc) is 2.65. The van der Waals surface area contributed by atoms with Gasteiger partial charge in [-0.05, 0) is 37.6 Å². The van der Waals surface area contributed by atoms with Gasteiger partial charge in [0.05, 0.1) is 12.6 Å². The number of hydrogen-bond donors (Lipinski definition) is 3. The molecule has 29 heavy (non-hydrogen) atoms. The Bertz CT molecular complexity index is 629. The van der Waals surface area contributed by atoms with Gasteiger partial charge in [0.1, 0.15) is 0 Å². The van der Waals surface area contributed by atoms with Crippen LogP contribution in [0.3, 0.4) is 0 Å². The van der Waals surface area contributed by atoms with E-state index >= 15 is 0 Å². The van der Waals surface area contributed by atoms with Crippen LogP contribution in [0.2, 0.25) is 0 Å². The second kappa shape index (κ2) is 12.1. The summed E-state index contributed by atoms with van der Waals surface area (Å²) in [6.07, 6.45) is -0.604. The van der Waals surface area contributed by atoms with Crippen LogP contribution in [-0.2, 0) is 5.41 Å². The van der Waals surface area contributed by atoms with Crippen LogP contribution in [0.25, 0.3) is 0 Å². The number of aliphatic hydroxyl groups excluding tert-OH is 1. The molecule has 0 aromatic heterocycles. The number of piperazine rings is 1. The molecule has 0 aliphatic carbocycles. The van der Waals surface area contributed by atoms with Gasteiger partial charge in [0, 0.05) is 38.8 Å². The Morgan fingerprint density at radius 2 is 1.83 bits per heavy atom. The molecule has 1 fully saturated rings. The number of nitrogens with zero attached hydrogens (tertiary/aromatic N) is 3. The van der Waals surface area contributed by atoms with Gasteiger partial charge in [-0.1, -0.05) is 45.0 Å². The molecule has 0 spiro atoms. The molecular weight excluding hydrogens is 477 g/mol. The number of rotatable bonds is 6. The summed E-state index contributed by atoms with van der Waals surface area (Å²) in [7, 11) is 4.34. The Kier molecular flexibility index (Phi) is 10.9. The molecule has 2 rings (SSSR count). The number of hydrogen-bond acceptors (Lipinski definition) is 4. The van der Waals surface area contributed by atoms with Crippen LogP contribution in [-0.4, -0.2) is 80.3 Å². The molecule has 2 atom stereocenters. The minimum Gasteiger partial charge on any atom is -0.386 e. The van der Waals surface area contributed by atoms with Crippen LogP contribution in [0.1, 0.15) is 44.9 Å². The lowest BCUT2D eigenvalue weighted by molar-refractivity contribution is 0.116. The third-order valence-electron chi connectivity index (χ3n) is 5.41. The van der Waals surface area contributed by atoms with Crippen molar-refractivity contribution in [3.63, 3.8) is 0 Å². The molecule has 1 aliphatic rings. The first kappa shape index (κ1) is 26.1. The maximum absolute atomic E-state index is 10.5. The smallest absolute Gasteiger partial charge is 0.191 e. The Labute approximate surface area is 194 Å². The van der Waals surface area contributed by atoms with Gasteiger partial charge in [0.2, 0.25) is 0 Å². The first-order valence-electron chi connectivity index (χ1n) is 10.4. The van der Waals surface area contributed by atoms with Crippen LogP contribution in [0, 0.1) is 0 Å². The highest BCUT2D eigenvalue weighted by atomic mass is 127. The van der Waals surface area contributed by atoms with Crippen LogP contribution in [0.4, 0.5) is 0 Å². The highest BCUT2D eigenvalue weighted by Crippen LogP contribution is 2.24. The molecule has 1 saturated heterocycles. The second-order valence-corrected chi connectivity index (χ2v) is 8.89. The summed E-state index contributed by atoms with van der Waals surface area (Å²) < 4.78 is 0. The molecular formula is C22H40IN5O. The van der Waals surface area contributed by atoms with Crippen molar-refractivity contribution in [2.45, 2.75) is 45.3 Å². The summed E-state index contributed by atoms with van der Waals surface area (Å²) in [6, 6.07) is 8.67. The predicted octanol–water partition coefficient (Wildman–Crippen LogP) is 2.44. The zero-order chi connectivity index (χ0) is 20.7. The SMILES string of the molecule is CCNC(=NCC(O)c1ccc(C(C)(C)C)cc1)NCC1CN(C)CCN1C.I. The van der Waals surface area contributed by atoms with Crippen LogP contribution in [0.5, 0.6) is 0 Å². The Hall–Kier alpha value is -0.900. The second-order valence-electron chi connectivity index (χ2n) is 8.89. The summed E-state index contributed by atoms with van der Waals surface area (Å²) >= 11 is 0. The van der Waals surface area contributed by atoms with Crippen molar-refractivity contribution in [1.82, 2.24) is 20.4 Å². The van der Waals surface area contributed by atoms with E-state index < -0.39 is 6.10 Å². The van der Waals surface area contributed by atoms with Crippen molar-refractivity contribution >= 4 is 29.9 Å². The molecule has 1 aromatic rings. The Morgan fingerprint density at radius 3 is 2.41 bits per heavy atom. The predicted molar refractivity (Wildman–Crippen MR) is 133 cm³/mol. The molecule has 6 nitrogen and oxygen atoms in total. The Balaban J connectivity index is 0.00000420. The fraction of sp³-hybridized carbons (Fsp3) is 0.682. The average molecular weight is 518 g/mol. The van der Waals surface area contributed by atoms with Gasteiger partial charge in [-0.15, -0.1) is 24.0 Å². The lowest BCUT2D eigenvalue weighted by Gasteiger charge is -2.37. The van der Waals surface area contributed by atoms with Crippen molar-refractivity contribution in [3.8, 4) is 0 Å². The fourth-order valence-electron chi connectivity index (χ4n) is 3.37. The van der Waals surface area contributed by atoms with E-state index in [0.717, 1.165) is 44.2 Å². The zero-order valence-electron chi connectivity index (χ0n) is 18.9. The minimum atomic E-state index is -0.604. The molecule has 0 bridgehead atoms. The number of aliphatic hydroxyl groups is 1. The highest BCUT2D eigenvalue weighted by Gasteiger charge is 2.22. The molecule has 166 valence electrons. The molecule has 7 heteroatoms. The lowest BCUT2D eigenvalue weighted by atomic mass is 9.86. The molecule has 2 unspecified atom stereocenters. The van der Waals surface area contributed by atoms with E-state index in [1.54, 1.807) is 0 Å². The first-order chi connectivity index (χ1) is 13.2. The number of likely N-dealkylation sites (N-methyl/N-ethyl adjacent to an activating group) is 2. The van der Waals surface area contributed by atoms with Crippen molar-refractivity contribution in [2.75, 3.05) is 53.4 Å². The van der Waals surface area contributed by atoms with E-state index in [0.29, 0.717) is 12.6 Å². The maximum Gasteiger partial charge on any atom is 0.191 e. The summed E-state index contributed by atoms with van der Waals surface area (Å²) in [6.45, 7) is 13.8. The summed E-state index contributed by atoms with van der Waals surface area (Å²) in [5, 5.41) is 17.3. The van der Waals surface area contributed by atoms with Crippen LogP contribution < -0.4 is 10.6 Å².